The molecule has 1 aliphatic rings. The number of ether oxygens (including phenoxy) is 1. The Morgan fingerprint density at radius 2 is 2.06 bits per heavy atom. The molecular weight excluding hydrogens is 228 g/mol. The second kappa shape index (κ2) is 5.47. The van der Waals surface area contributed by atoms with Crippen LogP contribution in [0, 0.1) is 0 Å². The third-order valence-corrected chi connectivity index (χ3v) is 2.51. The molecule has 5 heteroatoms. The maximum absolute atomic E-state index is 12.4. The molecule has 17 heavy (non-hydrogen) atoms. The van der Waals surface area contributed by atoms with Crippen molar-refractivity contribution in [1.29, 1.82) is 0 Å². The number of nitrogens with one attached hydrogen (secondary N) is 1. The molecule has 3 nitrogen and oxygen atoms in total. The number of alkyl carbamates (subject to hydrolysis) is 1. The number of carbonyl (C=O) groups is 1. The fourth-order valence-electron chi connectivity index (χ4n) is 1.83. The van der Waals surface area contributed by atoms with Gasteiger partial charge in [0.1, 0.15) is 5.60 Å². The first-order valence-corrected chi connectivity index (χ1v) is 5.80. The first kappa shape index (κ1) is 13.9. The first-order chi connectivity index (χ1) is 7.78. The predicted molar refractivity (Wildman–Crippen MR) is 60.9 cm³/mol. The molecule has 0 spiro atoms. The van der Waals surface area contributed by atoms with Gasteiger partial charge in [-0.3, -0.25) is 0 Å². The third-order valence-electron chi connectivity index (χ3n) is 2.51. The lowest BCUT2D eigenvalue weighted by molar-refractivity contribution is 0.0497. The molecular formula is C12H19F2NO2. The molecule has 1 amide bonds. The zero-order valence-corrected chi connectivity index (χ0v) is 10.5. The summed E-state index contributed by atoms with van der Waals surface area (Å²) in [5.74, 6) is 0. The minimum Gasteiger partial charge on any atom is -0.444 e. The van der Waals surface area contributed by atoms with Crippen LogP contribution in [0.3, 0.4) is 0 Å². The van der Waals surface area contributed by atoms with Crippen LogP contribution >= 0.6 is 0 Å². The van der Waals surface area contributed by atoms with Gasteiger partial charge in [-0.2, -0.15) is 8.78 Å². The number of carbonyl (C=O) groups excluding carboxylic acids is 1. The molecule has 1 rings (SSSR count). The molecule has 0 radical (unpaired) electrons. The Hall–Kier alpha value is -1.13. The molecule has 0 aromatic rings. The average molecular weight is 247 g/mol. The highest BCUT2D eigenvalue weighted by Gasteiger charge is 2.24. The van der Waals surface area contributed by atoms with Gasteiger partial charge in [0, 0.05) is 6.04 Å². The zero-order chi connectivity index (χ0) is 13.1. The second-order valence-corrected chi connectivity index (χ2v) is 5.30. The molecule has 0 aliphatic heterocycles. The molecule has 0 heterocycles. The van der Waals surface area contributed by atoms with Crippen molar-refractivity contribution in [2.24, 2.45) is 0 Å². The van der Waals surface area contributed by atoms with Gasteiger partial charge in [0.05, 0.1) is 0 Å². The van der Waals surface area contributed by atoms with Gasteiger partial charge in [0.2, 0.25) is 0 Å². The molecule has 0 bridgehead atoms. The molecule has 1 atom stereocenters. The van der Waals surface area contributed by atoms with Gasteiger partial charge in [-0.15, -0.1) is 0 Å². The molecule has 1 fully saturated rings. The van der Waals surface area contributed by atoms with E-state index in [4.69, 9.17) is 4.74 Å². The Bertz CT molecular complexity index is 317. The van der Waals surface area contributed by atoms with Crippen LogP contribution in [0.15, 0.2) is 11.7 Å². The lowest BCUT2D eigenvalue weighted by Gasteiger charge is -2.26. The second-order valence-electron chi connectivity index (χ2n) is 5.30. The van der Waals surface area contributed by atoms with Crippen LogP contribution in [0.1, 0.15) is 46.5 Å². The highest BCUT2D eigenvalue weighted by Crippen LogP contribution is 2.27. The van der Waals surface area contributed by atoms with Crippen LogP contribution in [0.4, 0.5) is 13.6 Å². The van der Waals surface area contributed by atoms with Crippen molar-refractivity contribution >= 4 is 6.09 Å². The van der Waals surface area contributed by atoms with Gasteiger partial charge in [-0.05, 0) is 52.0 Å². The minimum absolute atomic E-state index is 0.150. The van der Waals surface area contributed by atoms with E-state index in [1.165, 1.54) is 0 Å². The summed E-state index contributed by atoms with van der Waals surface area (Å²) in [7, 11) is 0. The summed E-state index contributed by atoms with van der Waals surface area (Å²) < 4.78 is 30.0. The standard InChI is InChI=1S/C12H19F2NO2/c1-12(2,3)17-11(16)15-9-6-4-5-8(7-9)10(13)14/h9H,4-7H2,1-3H3,(H,15,16)/t9-/m1/s1. The Morgan fingerprint density at radius 3 is 2.59 bits per heavy atom. The van der Waals surface area contributed by atoms with E-state index >= 15 is 0 Å². The summed E-state index contributed by atoms with van der Waals surface area (Å²) in [6, 6.07) is -0.241. The molecule has 0 unspecified atom stereocenters. The summed E-state index contributed by atoms with van der Waals surface area (Å²) in [5.41, 5.74) is -0.416. The van der Waals surface area contributed by atoms with Gasteiger partial charge in [-0.25, -0.2) is 4.79 Å². The van der Waals surface area contributed by atoms with E-state index < -0.39 is 17.8 Å². The van der Waals surface area contributed by atoms with E-state index in [1.54, 1.807) is 20.8 Å². The van der Waals surface area contributed by atoms with Crippen molar-refractivity contribution in [1.82, 2.24) is 5.32 Å². The number of halogens is 2. The Labute approximate surface area is 100 Å². The summed E-state index contributed by atoms with van der Waals surface area (Å²) in [6.45, 7) is 5.29. The normalized spacial score (nSPS) is 21.0. The smallest absolute Gasteiger partial charge is 0.407 e. The minimum atomic E-state index is -1.61. The summed E-state index contributed by atoms with van der Waals surface area (Å²) in [4.78, 5) is 11.5. The van der Waals surface area contributed by atoms with Crippen LogP contribution in [-0.4, -0.2) is 17.7 Å². The number of amides is 1. The van der Waals surface area contributed by atoms with E-state index in [-0.39, 0.29) is 18.0 Å². The molecule has 0 saturated heterocycles. The van der Waals surface area contributed by atoms with Crippen LogP contribution in [0.2, 0.25) is 0 Å². The van der Waals surface area contributed by atoms with E-state index in [1.807, 2.05) is 0 Å². The van der Waals surface area contributed by atoms with E-state index in [2.05, 4.69) is 5.32 Å². The van der Waals surface area contributed by atoms with Crippen molar-refractivity contribution < 1.29 is 18.3 Å². The zero-order valence-electron chi connectivity index (χ0n) is 10.5. The van der Waals surface area contributed by atoms with E-state index in [0.717, 1.165) is 6.42 Å². The van der Waals surface area contributed by atoms with Crippen LogP contribution in [0.5, 0.6) is 0 Å². The van der Waals surface area contributed by atoms with Crippen LogP contribution in [0.25, 0.3) is 0 Å². The van der Waals surface area contributed by atoms with Gasteiger partial charge in [0.15, 0.2) is 0 Å². The average Bonchev–Trinajstić information content (AvgIpc) is 2.14. The van der Waals surface area contributed by atoms with Crippen LogP contribution in [-0.2, 0) is 4.74 Å². The number of hydrogen-bond acceptors (Lipinski definition) is 2. The molecule has 0 aromatic heterocycles. The molecule has 0 aromatic carbocycles. The molecule has 1 aliphatic carbocycles. The third kappa shape index (κ3) is 5.15. The summed E-state index contributed by atoms with van der Waals surface area (Å²) in [6.07, 6.45) is -0.108. The molecule has 98 valence electrons. The monoisotopic (exact) mass is 247 g/mol. The van der Waals surface area contributed by atoms with Gasteiger partial charge >= 0.3 is 6.09 Å². The van der Waals surface area contributed by atoms with Crippen molar-refractivity contribution in [2.75, 3.05) is 0 Å². The largest absolute Gasteiger partial charge is 0.444 e. The SMILES string of the molecule is CC(C)(C)OC(=O)N[C@@H]1CCCC(=C(F)F)C1. The number of hydrogen-bond donors (Lipinski definition) is 1. The van der Waals surface area contributed by atoms with E-state index in [0.29, 0.717) is 12.8 Å². The van der Waals surface area contributed by atoms with Crippen molar-refractivity contribution in [3.63, 3.8) is 0 Å². The molecule has 1 saturated carbocycles. The number of rotatable bonds is 1. The van der Waals surface area contributed by atoms with Crippen molar-refractivity contribution in [3.8, 4) is 0 Å². The Kier molecular flexibility index (Phi) is 4.48. The quantitative estimate of drug-likeness (QED) is 0.768. The van der Waals surface area contributed by atoms with Gasteiger partial charge in [-0.1, -0.05) is 0 Å². The maximum Gasteiger partial charge on any atom is 0.407 e. The fraction of sp³-hybridized carbons (Fsp3) is 0.750. The topological polar surface area (TPSA) is 38.3 Å². The Morgan fingerprint density at radius 1 is 1.41 bits per heavy atom. The lowest BCUT2D eigenvalue weighted by Crippen LogP contribution is -2.40. The molecule has 1 N–H and O–H groups in total. The lowest BCUT2D eigenvalue weighted by atomic mass is 9.91. The summed E-state index contributed by atoms with van der Waals surface area (Å²) >= 11 is 0. The Balaban J connectivity index is 2.47. The summed E-state index contributed by atoms with van der Waals surface area (Å²) in [5, 5.41) is 2.63. The fourth-order valence-corrected chi connectivity index (χ4v) is 1.83. The first-order valence-electron chi connectivity index (χ1n) is 5.80. The highest BCUT2D eigenvalue weighted by molar-refractivity contribution is 5.68. The predicted octanol–water partition coefficient (Wildman–Crippen LogP) is 3.60. The van der Waals surface area contributed by atoms with Gasteiger partial charge < -0.3 is 10.1 Å². The van der Waals surface area contributed by atoms with E-state index in [9.17, 15) is 13.6 Å². The maximum atomic E-state index is 12.4. The van der Waals surface area contributed by atoms with Gasteiger partial charge in [0.25, 0.3) is 6.08 Å². The van der Waals surface area contributed by atoms with Crippen LogP contribution < -0.4 is 5.32 Å². The highest BCUT2D eigenvalue weighted by atomic mass is 19.3. The van der Waals surface area contributed by atoms with Crippen molar-refractivity contribution in [3.05, 3.63) is 11.7 Å². The van der Waals surface area contributed by atoms with Crippen molar-refractivity contribution in [2.45, 2.75) is 58.1 Å².